The van der Waals surface area contributed by atoms with Crippen LogP contribution in [0.25, 0.3) is 0 Å². The maximum absolute atomic E-state index is 13.0. The molecule has 0 fully saturated rings. The number of benzene rings is 1. The van der Waals surface area contributed by atoms with Gasteiger partial charge in [0.05, 0.1) is 0 Å². The monoisotopic (exact) mass is 289 g/mol. The summed E-state index contributed by atoms with van der Waals surface area (Å²) in [7, 11) is 0. The van der Waals surface area contributed by atoms with Crippen LogP contribution in [0.5, 0.6) is 0 Å². The normalized spacial score (nSPS) is 11.9. The number of hydrogen-bond donors (Lipinski definition) is 2. The molecule has 1 rings (SSSR count). The van der Waals surface area contributed by atoms with E-state index in [2.05, 4.69) is 21.2 Å². The van der Waals surface area contributed by atoms with Crippen molar-refractivity contribution in [3.63, 3.8) is 0 Å². The molecule has 2 N–H and O–H groups in total. The summed E-state index contributed by atoms with van der Waals surface area (Å²) in [6.45, 7) is 1.33. The van der Waals surface area contributed by atoms with Gasteiger partial charge >= 0.3 is 5.97 Å². The number of carboxylic acid groups (broad SMARTS) is 1. The first-order valence-corrected chi connectivity index (χ1v) is 5.19. The minimum Gasteiger partial charge on any atom is -0.480 e. The number of hydrogen-bond acceptors (Lipinski definition) is 2. The van der Waals surface area contributed by atoms with Crippen LogP contribution in [0.15, 0.2) is 22.7 Å². The predicted molar refractivity (Wildman–Crippen MR) is 58.7 cm³/mol. The summed E-state index contributed by atoms with van der Waals surface area (Å²) in [5.41, 5.74) is 0.0694. The minimum absolute atomic E-state index is 0.0694. The summed E-state index contributed by atoms with van der Waals surface area (Å²) >= 11 is 3.04. The summed E-state index contributed by atoms with van der Waals surface area (Å²) in [5.74, 6) is -2.35. The molecular formula is C10H9BrFNO3. The first-order valence-electron chi connectivity index (χ1n) is 4.40. The van der Waals surface area contributed by atoms with E-state index in [-0.39, 0.29) is 5.56 Å². The minimum atomic E-state index is -1.15. The van der Waals surface area contributed by atoms with Crippen molar-refractivity contribution in [1.29, 1.82) is 0 Å². The molecule has 1 unspecified atom stereocenters. The van der Waals surface area contributed by atoms with Gasteiger partial charge in [0, 0.05) is 10.0 Å². The number of carboxylic acids is 1. The highest BCUT2D eigenvalue weighted by molar-refractivity contribution is 9.10. The zero-order valence-corrected chi connectivity index (χ0v) is 9.92. The molecule has 0 saturated carbocycles. The van der Waals surface area contributed by atoms with Crippen LogP contribution in [0, 0.1) is 5.82 Å². The van der Waals surface area contributed by atoms with Gasteiger partial charge in [0.2, 0.25) is 0 Å². The van der Waals surface area contributed by atoms with Gasteiger partial charge < -0.3 is 10.4 Å². The lowest BCUT2D eigenvalue weighted by Crippen LogP contribution is -2.38. The molecule has 0 aliphatic carbocycles. The molecule has 0 saturated heterocycles. The zero-order chi connectivity index (χ0) is 12.3. The van der Waals surface area contributed by atoms with E-state index < -0.39 is 23.7 Å². The van der Waals surface area contributed by atoms with E-state index in [1.165, 1.54) is 19.1 Å². The zero-order valence-electron chi connectivity index (χ0n) is 8.33. The van der Waals surface area contributed by atoms with Crippen LogP contribution in [-0.4, -0.2) is 23.0 Å². The molecule has 1 aromatic carbocycles. The van der Waals surface area contributed by atoms with E-state index in [0.29, 0.717) is 4.47 Å². The smallest absolute Gasteiger partial charge is 0.325 e. The average molecular weight is 290 g/mol. The third-order valence-electron chi connectivity index (χ3n) is 1.84. The quantitative estimate of drug-likeness (QED) is 0.892. The van der Waals surface area contributed by atoms with Crippen LogP contribution in [-0.2, 0) is 4.79 Å². The number of carbonyl (C=O) groups is 2. The lowest BCUT2D eigenvalue weighted by molar-refractivity contribution is -0.138. The Balaban J connectivity index is 2.84. The molecule has 1 atom stereocenters. The fourth-order valence-corrected chi connectivity index (χ4v) is 1.49. The molecule has 6 heteroatoms. The molecule has 86 valence electrons. The van der Waals surface area contributed by atoms with Crippen molar-refractivity contribution >= 4 is 27.8 Å². The first kappa shape index (κ1) is 12.6. The van der Waals surface area contributed by atoms with Crippen molar-refractivity contribution in [2.24, 2.45) is 0 Å². The van der Waals surface area contributed by atoms with E-state index in [4.69, 9.17) is 5.11 Å². The Kier molecular flexibility index (Phi) is 4.00. The van der Waals surface area contributed by atoms with Crippen molar-refractivity contribution in [2.75, 3.05) is 0 Å². The number of nitrogens with one attached hydrogen (secondary N) is 1. The van der Waals surface area contributed by atoms with E-state index in [0.717, 1.165) is 6.07 Å². The second kappa shape index (κ2) is 5.07. The molecule has 1 amide bonds. The summed E-state index contributed by atoms with van der Waals surface area (Å²) < 4.78 is 13.4. The summed E-state index contributed by atoms with van der Waals surface area (Å²) in [5, 5.41) is 10.8. The molecule has 0 aromatic heterocycles. The highest BCUT2D eigenvalue weighted by Crippen LogP contribution is 2.14. The van der Waals surface area contributed by atoms with Gasteiger partial charge in [-0.15, -0.1) is 0 Å². The van der Waals surface area contributed by atoms with Crippen molar-refractivity contribution in [2.45, 2.75) is 13.0 Å². The first-order chi connectivity index (χ1) is 7.40. The van der Waals surface area contributed by atoms with Gasteiger partial charge in [-0.1, -0.05) is 15.9 Å². The largest absolute Gasteiger partial charge is 0.480 e. The fourth-order valence-electron chi connectivity index (χ4n) is 1.03. The number of carbonyl (C=O) groups excluding carboxylic acids is 1. The highest BCUT2D eigenvalue weighted by Gasteiger charge is 2.15. The van der Waals surface area contributed by atoms with E-state index >= 15 is 0 Å². The van der Waals surface area contributed by atoms with Gasteiger partial charge in [-0.05, 0) is 25.1 Å². The molecule has 0 bridgehead atoms. The van der Waals surface area contributed by atoms with Crippen LogP contribution in [0.1, 0.15) is 17.3 Å². The number of rotatable bonds is 3. The molecule has 1 aromatic rings. The van der Waals surface area contributed by atoms with Gasteiger partial charge in [-0.25, -0.2) is 4.39 Å². The Hall–Kier alpha value is -1.43. The highest BCUT2D eigenvalue weighted by atomic mass is 79.9. The maximum Gasteiger partial charge on any atom is 0.325 e. The van der Waals surface area contributed by atoms with Crippen molar-refractivity contribution in [1.82, 2.24) is 5.32 Å². The van der Waals surface area contributed by atoms with Crippen molar-refractivity contribution < 1.29 is 19.1 Å². The topological polar surface area (TPSA) is 66.4 Å². The SMILES string of the molecule is CC(NC(=O)c1cc(F)cc(Br)c1)C(=O)O. The van der Waals surface area contributed by atoms with Gasteiger partial charge in [-0.3, -0.25) is 9.59 Å². The van der Waals surface area contributed by atoms with Crippen LogP contribution >= 0.6 is 15.9 Å². The molecule has 0 aliphatic rings. The molecule has 16 heavy (non-hydrogen) atoms. The average Bonchev–Trinajstić information content (AvgIpc) is 2.15. The number of aliphatic carboxylic acids is 1. The van der Waals surface area contributed by atoms with E-state index in [1.807, 2.05) is 0 Å². The predicted octanol–water partition coefficient (Wildman–Crippen LogP) is 1.79. The fraction of sp³-hybridized carbons (Fsp3) is 0.200. The molecule has 0 spiro atoms. The molecule has 0 aliphatic heterocycles. The number of halogens is 2. The maximum atomic E-state index is 13.0. The lowest BCUT2D eigenvalue weighted by atomic mass is 10.2. The van der Waals surface area contributed by atoms with Crippen molar-refractivity contribution in [3.8, 4) is 0 Å². The Morgan fingerprint density at radius 2 is 2.06 bits per heavy atom. The Labute approximate surface area is 99.6 Å². The molecule has 0 heterocycles. The Morgan fingerprint density at radius 1 is 1.44 bits per heavy atom. The second-order valence-electron chi connectivity index (χ2n) is 3.19. The van der Waals surface area contributed by atoms with Crippen LogP contribution in [0.3, 0.4) is 0 Å². The van der Waals surface area contributed by atoms with Gasteiger partial charge in [-0.2, -0.15) is 0 Å². The third kappa shape index (κ3) is 3.30. The molecule has 0 radical (unpaired) electrons. The van der Waals surface area contributed by atoms with Crippen LogP contribution in [0.4, 0.5) is 4.39 Å². The standard InChI is InChI=1S/C10H9BrFNO3/c1-5(10(15)16)13-9(14)6-2-7(11)4-8(12)3-6/h2-5H,1H3,(H,13,14)(H,15,16). The molecule has 4 nitrogen and oxygen atoms in total. The lowest BCUT2D eigenvalue weighted by Gasteiger charge is -2.09. The Morgan fingerprint density at radius 3 is 2.56 bits per heavy atom. The van der Waals surface area contributed by atoms with Crippen LogP contribution < -0.4 is 5.32 Å². The van der Waals surface area contributed by atoms with Gasteiger partial charge in [0.1, 0.15) is 11.9 Å². The number of amides is 1. The van der Waals surface area contributed by atoms with E-state index in [9.17, 15) is 14.0 Å². The second-order valence-corrected chi connectivity index (χ2v) is 4.11. The van der Waals surface area contributed by atoms with Gasteiger partial charge in [0.15, 0.2) is 0 Å². The van der Waals surface area contributed by atoms with E-state index in [1.54, 1.807) is 0 Å². The van der Waals surface area contributed by atoms with Gasteiger partial charge in [0.25, 0.3) is 5.91 Å². The third-order valence-corrected chi connectivity index (χ3v) is 2.30. The summed E-state index contributed by atoms with van der Waals surface area (Å²) in [6.07, 6.45) is 0. The summed E-state index contributed by atoms with van der Waals surface area (Å²) in [6, 6.07) is 2.63. The Bertz CT molecular complexity index is 416. The summed E-state index contributed by atoms with van der Waals surface area (Å²) in [4.78, 5) is 22.0. The molecular weight excluding hydrogens is 281 g/mol. The van der Waals surface area contributed by atoms with Crippen molar-refractivity contribution in [3.05, 3.63) is 34.1 Å². The van der Waals surface area contributed by atoms with Crippen LogP contribution in [0.2, 0.25) is 0 Å².